The normalized spacial score (nSPS) is 15.9. The largest absolute Gasteiger partial charge is 0.411 e. The average molecular weight is 431 g/mol. The monoisotopic (exact) mass is 431 g/mol. The number of nitrogens with zero attached hydrogens (tertiary/aromatic N) is 1. The van der Waals surface area contributed by atoms with E-state index in [1.807, 2.05) is 19.1 Å². The molecule has 2 N–H and O–H groups in total. The van der Waals surface area contributed by atoms with Gasteiger partial charge in [0.1, 0.15) is 6.61 Å². The van der Waals surface area contributed by atoms with Crippen molar-refractivity contribution in [2.75, 3.05) is 39.5 Å². The predicted molar refractivity (Wildman–Crippen MR) is 109 cm³/mol. The number of guanidine groups is 1. The summed E-state index contributed by atoms with van der Waals surface area (Å²) in [7, 11) is 0. The maximum atomic E-state index is 12.1. The number of hydrogen-bond donors (Lipinski definition) is 2. The van der Waals surface area contributed by atoms with E-state index in [2.05, 4.69) is 20.4 Å². The van der Waals surface area contributed by atoms with Gasteiger partial charge in [-0.3, -0.25) is 0 Å². The molecule has 1 aromatic rings. The lowest BCUT2D eigenvalue weighted by Gasteiger charge is -2.22. The number of nitrogens with one attached hydrogen (secondary N) is 2. The molecule has 1 aromatic carbocycles. The van der Waals surface area contributed by atoms with Gasteiger partial charge in [-0.25, -0.2) is 4.99 Å². The van der Waals surface area contributed by atoms with Crippen LogP contribution in [0.4, 0.5) is 13.2 Å². The second-order valence-corrected chi connectivity index (χ2v) is 7.08. The smallest absolute Gasteiger partial charge is 0.381 e. The Kier molecular flexibility index (Phi) is 11.0. The molecule has 2 rings (SSSR count). The van der Waals surface area contributed by atoms with E-state index >= 15 is 0 Å². The molecule has 0 bridgehead atoms. The molecule has 0 amide bonds. The molecule has 170 valence electrons. The van der Waals surface area contributed by atoms with Gasteiger partial charge in [0.15, 0.2) is 5.96 Å². The Morgan fingerprint density at radius 3 is 2.50 bits per heavy atom. The Hall–Kier alpha value is -1.84. The Labute approximate surface area is 176 Å². The van der Waals surface area contributed by atoms with Crippen LogP contribution in [-0.4, -0.2) is 57.8 Å². The quantitative estimate of drug-likeness (QED) is 0.319. The van der Waals surface area contributed by atoms with E-state index in [9.17, 15) is 13.2 Å². The highest BCUT2D eigenvalue weighted by atomic mass is 19.4. The molecule has 0 atom stereocenters. The van der Waals surface area contributed by atoms with E-state index in [0.29, 0.717) is 24.8 Å². The first kappa shape index (κ1) is 24.4. The number of halogens is 3. The van der Waals surface area contributed by atoms with Crippen molar-refractivity contribution >= 4 is 5.96 Å². The van der Waals surface area contributed by atoms with E-state index in [1.54, 1.807) is 12.1 Å². The van der Waals surface area contributed by atoms with E-state index in [1.165, 1.54) is 0 Å². The van der Waals surface area contributed by atoms with Gasteiger partial charge >= 0.3 is 6.18 Å². The molecular formula is C21H32F3N3O3. The lowest BCUT2D eigenvalue weighted by molar-refractivity contribution is -0.176. The van der Waals surface area contributed by atoms with Crippen molar-refractivity contribution in [3.05, 3.63) is 35.4 Å². The van der Waals surface area contributed by atoms with Gasteiger partial charge in [-0.2, -0.15) is 13.2 Å². The first-order valence-corrected chi connectivity index (χ1v) is 10.4. The van der Waals surface area contributed by atoms with Crippen molar-refractivity contribution in [2.45, 2.75) is 51.6 Å². The third-order valence-corrected chi connectivity index (χ3v) is 4.46. The summed E-state index contributed by atoms with van der Waals surface area (Å²) in [5.41, 5.74) is 1.66. The minimum Gasteiger partial charge on any atom is -0.381 e. The molecule has 1 fully saturated rings. The summed E-state index contributed by atoms with van der Waals surface area (Å²) >= 11 is 0. The molecule has 9 heteroatoms. The van der Waals surface area contributed by atoms with E-state index in [0.717, 1.165) is 57.1 Å². The summed E-state index contributed by atoms with van der Waals surface area (Å²) in [6.45, 7) is 4.93. The topological polar surface area (TPSA) is 64.1 Å². The van der Waals surface area contributed by atoms with E-state index in [4.69, 9.17) is 9.47 Å². The number of benzene rings is 1. The zero-order valence-electron chi connectivity index (χ0n) is 17.5. The van der Waals surface area contributed by atoms with Gasteiger partial charge in [0.2, 0.25) is 0 Å². The van der Waals surface area contributed by atoms with Crippen LogP contribution in [0.25, 0.3) is 0 Å². The summed E-state index contributed by atoms with van der Waals surface area (Å²) in [5.74, 6) is 0.723. The van der Waals surface area contributed by atoms with Gasteiger partial charge in [-0.1, -0.05) is 24.3 Å². The fourth-order valence-corrected chi connectivity index (χ4v) is 2.91. The zero-order chi connectivity index (χ0) is 21.7. The van der Waals surface area contributed by atoms with Gasteiger partial charge < -0.3 is 24.8 Å². The molecule has 1 heterocycles. The van der Waals surface area contributed by atoms with Crippen molar-refractivity contribution in [1.29, 1.82) is 0 Å². The predicted octanol–water partition coefficient (Wildman–Crippen LogP) is 3.41. The summed E-state index contributed by atoms with van der Waals surface area (Å²) < 4.78 is 52.2. The highest BCUT2D eigenvalue weighted by Gasteiger charge is 2.27. The Morgan fingerprint density at radius 1 is 1.13 bits per heavy atom. The van der Waals surface area contributed by atoms with Crippen molar-refractivity contribution in [3.63, 3.8) is 0 Å². The lowest BCUT2D eigenvalue weighted by atomic mass is 10.1. The molecule has 0 saturated carbocycles. The summed E-state index contributed by atoms with van der Waals surface area (Å²) in [6, 6.07) is 7.21. The fourth-order valence-electron chi connectivity index (χ4n) is 2.91. The minimum atomic E-state index is -4.30. The maximum absolute atomic E-state index is 12.1. The fraction of sp³-hybridized carbons (Fsp3) is 0.667. The zero-order valence-corrected chi connectivity index (χ0v) is 17.5. The van der Waals surface area contributed by atoms with Crippen LogP contribution in [0.3, 0.4) is 0 Å². The number of ether oxygens (including phenoxy) is 3. The minimum absolute atomic E-state index is 0.0663. The van der Waals surface area contributed by atoms with E-state index < -0.39 is 12.8 Å². The molecule has 30 heavy (non-hydrogen) atoms. The first-order valence-electron chi connectivity index (χ1n) is 10.4. The van der Waals surface area contributed by atoms with Crippen LogP contribution >= 0.6 is 0 Å². The Morgan fingerprint density at radius 2 is 1.83 bits per heavy atom. The summed E-state index contributed by atoms with van der Waals surface area (Å²) in [5, 5.41) is 6.49. The van der Waals surface area contributed by atoms with Crippen LogP contribution in [0.15, 0.2) is 29.3 Å². The second-order valence-electron chi connectivity index (χ2n) is 7.08. The third kappa shape index (κ3) is 10.8. The number of hydrogen-bond acceptors (Lipinski definition) is 4. The molecular weight excluding hydrogens is 399 g/mol. The van der Waals surface area contributed by atoms with Gasteiger partial charge in [0.25, 0.3) is 0 Å². The van der Waals surface area contributed by atoms with Crippen LogP contribution in [0, 0.1) is 0 Å². The van der Waals surface area contributed by atoms with Gasteiger partial charge in [-0.05, 0) is 37.3 Å². The van der Waals surface area contributed by atoms with Crippen molar-refractivity contribution in [3.8, 4) is 0 Å². The van der Waals surface area contributed by atoms with Crippen LogP contribution in [0.5, 0.6) is 0 Å². The first-order chi connectivity index (χ1) is 14.5. The number of rotatable bonds is 11. The Balaban J connectivity index is 1.68. The van der Waals surface area contributed by atoms with Crippen LogP contribution < -0.4 is 10.6 Å². The van der Waals surface area contributed by atoms with E-state index in [-0.39, 0.29) is 6.61 Å². The lowest BCUT2D eigenvalue weighted by Crippen LogP contribution is -2.38. The van der Waals surface area contributed by atoms with Crippen LogP contribution in [-0.2, 0) is 27.4 Å². The standard InChI is InChI=1S/C21H32F3N3O3/c1-2-25-20(26-10-3-11-30-19-8-12-28-13-9-19)27-14-17-4-6-18(7-5-17)15-29-16-21(22,23)24/h4-7,19H,2-3,8-16H2,1H3,(H2,25,26,27). The van der Waals surface area contributed by atoms with Crippen LogP contribution in [0.1, 0.15) is 37.3 Å². The summed E-state index contributed by atoms with van der Waals surface area (Å²) in [6.07, 6.45) is -1.19. The highest BCUT2D eigenvalue weighted by molar-refractivity contribution is 5.79. The van der Waals surface area contributed by atoms with Gasteiger partial charge in [0, 0.05) is 32.9 Å². The third-order valence-electron chi connectivity index (χ3n) is 4.46. The van der Waals surface area contributed by atoms with Crippen molar-refractivity contribution in [2.24, 2.45) is 4.99 Å². The molecule has 0 spiro atoms. The Bertz CT molecular complexity index is 618. The number of aliphatic imine (C=N–C) groups is 1. The van der Waals surface area contributed by atoms with Crippen LogP contribution in [0.2, 0.25) is 0 Å². The SMILES string of the molecule is CCNC(=NCc1ccc(COCC(F)(F)F)cc1)NCCCOC1CCOCC1. The van der Waals surface area contributed by atoms with Crippen molar-refractivity contribution in [1.82, 2.24) is 10.6 Å². The molecule has 6 nitrogen and oxygen atoms in total. The number of alkyl halides is 3. The average Bonchev–Trinajstić information content (AvgIpc) is 2.72. The molecule has 1 aliphatic heterocycles. The van der Waals surface area contributed by atoms with Gasteiger partial charge in [-0.15, -0.1) is 0 Å². The molecule has 0 aliphatic carbocycles. The van der Waals surface area contributed by atoms with Gasteiger partial charge in [0.05, 0.1) is 19.3 Å². The van der Waals surface area contributed by atoms with Crippen molar-refractivity contribution < 1.29 is 27.4 Å². The molecule has 0 radical (unpaired) electrons. The summed E-state index contributed by atoms with van der Waals surface area (Å²) in [4.78, 5) is 4.55. The molecule has 0 unspecified atom stereocenters. The highest BCUT2D eigenvalue weighted by Crippen LogP contribution is 2.16. The maximum Gasteiger partial charge on any atom is 0.411 e. The second kappa shape index (κ2) is 13.5. The molecule has 1 aliphatic rings. The molecule has 0 aromatic heterocycles. The molecule has 1 saturated heterocycles.